The maximum Gasteiger partial charge on any atom is 0.138 e. The summed E-state index contributed by atoms with van der Waals surface area (Å²) in [5.74, 6) is 0.889. The zero-order chi connectivity index (χ0) is 16.3. The molecule has 2 rings (SSSR count). The van der Waals surface area contributed by atoms with E-state index in [0.717, 1.165) is 36.5 Å². The number of aryl methyl sites for hydroxylation is 2. The number of rotatable bonds is 6. The van der Waals surface area contributed by atoms with Crippen LogP contribution in [0.25, 0.3) is 0 Å². The van der Waals surface area contributed by atoms with Gasteiger partial charge in [0.15, 0.2) is 0 Å². The van der Waals surface area contributed by atoms with E-state index in [1.807, 2.05) is 32.0 Å². The highest BCUT2D eigenvalue weighted by atomic mass is 35.5. The number of benzene rings is 1. The van der Waals surface area contributed by atoms with E-state index in [1.165, 1.54) is 5.56 Å². The molecule has 1 aromatic heterocycles. The fraction of sp³-hybridized carbons (Fsp3) is 0.471. The van der Waals surface area contributed by atoms with Crippen LogP contribution in [0, 0.1) is 13.8 Å². The smallest absolute Gasteiger partial charge is 0.138 e. The van der Waals surface area contributed by atoms with Crippen LogP contribution in [0.4, 0.5) is 0 Å². The number of hydrogen-bond donors (Lipinski definition) is 0. The predicted octanol–water partition coefficient (Wildman–Crippen LogP) is 5.57. The van der Waals surface area contributed by atoms with Crippen LogP contribution < -0.4 is 0 Å². The molecule has 1 aromatic carbocycles. The Balaban J connectivity index is 2.24. The first-order valence-electron chi connectivity index (χ1n) is 7.54. The van der Waals surface area contributed by atoms with Crippen molar-refractivity contribution in [3.8, 4) is 0 Å². The number of halogens is 2. The van der Waals surface area contributed by atoms with Crippen molar-refractivity contribution < 1.29 is 4.52 Å². The summed E-state index contributed by atoms with van der Waals surface area (Å²) in [7, 11) is 0. The molecule has 22 heavy (non-hydrogen) atoms. The topological polar surface area (TPSA) is 29.3 Å². The summed E-state index contributed by atoms with van der Waals surface area (Å²) in [6.45, 7) is 10.1. The lowest BCUT2D eigenvalue weighted by atomic mass is 10.1. The Morgan fingerprint density at radius 1 is 1.23 bits per heavy atom. The summed E-state index contributed by atoms with van der Waals surface area (Å²) >= 11 is 12.2. The molecule has 0 aliphatic heterocycles. The minimum absolute atomic E-state index is 0.239. The monoisotopic (exact) mass is 340 g/mol. The van der Waals surface area contributed by atoms with Crippen LogP contribution in [-0.4, -0.2) is 16.6 Å². The first kappa shape index (κ1) is 17.3. The molecular weight excluding hydrogens is 319 g/mol. The molecule has 0 aliphatic carbocycles. The Morgan fingerprint density at radius 2 is 1.95 bits per heavy atom. The van der Waals surface area contributed by atoms with E-state index in [1.54, 1.807) is 0 Å². The van der Waals surface area contributed by atoms with Crippen LogP contribution in [0.2, 0.25) is 10.0 Å². The minimum Gasteiger partial charge on any atom is -0.361 e. The molecule has 0 unspecified atom stereocenters. The van der Waals surface area contributed by atoms with Crippen LogP contribution in [0.15, 0.2) is 22.7 Å². The second-order valence-electron chi connectivity index (χ2n) is 5.62. The van der Waals surface area contributed by atoms with Gasteiger partial charge in [-0.3, -0.25) is 4.90 Å². The lowest BCUT2D eigenvalue weighted by molar-refractivity contribution is 0.200. The van der Waals surface area contributed by atoms with Crippen molar-refractivity contribution in [2.45, 2.75) is 46.7 Å². The lowest BCUT2D eigenvalue weighted by Gasteiger charge is -2.29. The van der Waals surface area contributed by atoms with Gasteiger partial charge >= 0.3 is 0 Å². The molecule has 0 aliphatic rings. The zero-order valence-corrected chi connectivity index (χ0v) is 15.0. The molecule has 0 fully saturated rings. The van der Waals surface area contributed by atoms with Crippen LogP contribution in [0.5, 0.6) is 0 Å². The van der Waals surface area contributed by atoms with Crippen LogP contribution in [0.1, 0.15) is 48.9 Å². The van der Waals surface area contributed by atoms with E-state index in [9.17, 15) is 0 Å². The summed E-state index contributed by atoms with van der Waals surface area (Å²) < 4.78 is 5.28. The molecule has 0 radical (unpaired) electrons. The molecule has 0 saturated heterocycles. The second kappa shape index (κ2) is 7.49. The normalized spacial score (nSPS) is 12.9. The minimum atomic E-state index is 0.239. The van der Waals surface area contributed by atoms with Gasteiger partial charge in [0.25, 0.3) is 0 Å². The molecule has 0 bridgehead atoms. The molecule has 120 valence electrons. The van der Waals surface area contributed by atoms with Crippen molar-refractivity contribution in [1.29, 1.82) is 0 Å². The Bertz CT molecular complexity index is 620. The van der Waals surface area contributed by atoms with Gasteiger partial charge in [-0.05, 0) is 51.4 Å². The Morgan fingerprint density at radius 3 is 2.50 bits per heavy atom. The van der Waals surface area contributed by atoms with Crippen LogP contribution in [-0.2, 0) is 6.54 Å². The molecular formula is C17H22Cl2N2O. The van der Waals surface area contributed by atoms with E-state index in [2.05, 4.69) is 23.9 Å². The van der Waals surface area contributed by atoms with Crippen molar-refractivity contribution in [2.75, 3.05) is 6.54 Å². The summed E-state index contributed by atoms with van der Waals surface area (Å²) in [5, 5.41) is 5.23. The number of nitrogens with zero attached hydrogens (tertiary/aromatic N) is 2. The first-order chi connectivity index (χ1) is 10.4. The van der Waals surface area contributed by atoms with Gasteiger partial charge in [0.05, 0.1) is 15.7 Å². The van der Waals surface area contributed by atoms with Gasteiger partial charge in [0.2, 0.25) is 0 Å². The van der Waals surface area contributed by atoms with Gasteiger partial charge in [-0.2, -0.15) is 0 Å². The number of hydrogen-bond acceptors (Lipinski definition) is 3. The largest absolute Gasteiger partial charge is 0.361 e. The standard InChI is InChI=1S/C17H22Cl2N2O/c1-5-8-21(10-15-11(2)20-22-13(15)4)12(3)14-6-7-16(18)17(19)9-14/h6-7,9,12H,5,8,10H2,1-4H3/t12-/m1/s1. The average molecular weight is 341 g/mol. The van der Waals surface area contributed by atoms with E-state index in [-0.39, 0.29) is 6.04 Å². The quantitative estimate of drug-likeness (QED) is 0.688. The highest BCUT2D eigenvalue weighted by Gasteiger charge is 2.20. The highest BCUT2D eigenvalue weighted by Crippen LogP contribution is 2.29. The van der Waals surface area contributed by atoms with E-state index in [4.69, 9.17) is 27.7 Å². The molecule has 0 amide bonds. The summed E-state index contributed by atoms with van der Waals surface area (Å²) in [4.78, 5) is 2.41. The molecule has 5 heteroatoms. The Kier molecular flexibility index (Phi) is 5.90. The van der Waals surface area contributed by atoms with Crippen LogP contribution in [0.3, 0.4) is 0 Å². The first-order valence-corrected chi connectivity index (χ1v) is 8.30. The van der Waals surface area contributed by atoms with Gasteiger partial charge in [0.1, 0.15) is 5.76 Å². The zero-order valence-electron chi connectivity index (χ0n) is 13.5. The van der Waals surface area contributed by atoms with Gasteiger partial charge in [-0.15, -0.1) is 0 Å². The third kappa shape index (κ3) is 3.83. The fourth-order valence-corrected chi connectivity index (χ4v) is 2.92. The predicted molar refractivity (Wildman–Crippen MR) is 91.6 cm³/mol. The van der Waals surface area contributed by atoms with Crippen LogP contribution >= 0.6 is 23.2 Å². The van der Waals surface area contributed by atoms with E-state index in [0.29, 0.717) is 10.0 Å². The summed E-state index contributed by atoms with van der Waals surface area (Å²) in [6.07, 6.45) is 1.08. The molecule has 2 aromatic rings. The fourth-order valence-electron chi connectivity index (χ4n) is 2.61. The van der Waals surface area contributed by atoms with E-state index < -0.39 is 0 Å². The highest BCUT2D eigenvalue weighted by molar-refractivity contribution is 6.42. The Hall–Kier alpha value is -1.03. The third-order valence-electron chi connectivity index (χ3n) is 4.03. The third-order valence-corrected chi connectivity index (χ3v) is 4.77. The molecule has 1 atom stereocenters. The SMILES string of the molecule is CCCN(Cc1c(C)noc1C)[C@H](C)c1ccc(Cl)c(Cl)c1. The maximum atomic E-state index is 6.16. The van der Waals surface area contributed by atoms with Gasteiger partial charge < -0.3 is 4.52 Å². The Labute approximate surface area is 142 Å². The van der Waals surface area contributed by atoms with Gasteiger partial charge in [-0.1, -0.05) is 41.3 Å². The van der Waals surface area contributed by atoms with Crippen molar-refractivity contribution in [1.82, 2.24) is 10.1 Å². The number of aromatic nitrogens is 1. The van der Waals surface area contributed by atoms with Crippen molar-refractivity contribution in [2.24, 2.45) is 0 Å². The lowest BCUT2D eigenvalue weighted by Crippen LogP contribution is -2.28. The van der Waals surface area contributed by atoms with E-state index >= 15 is 0 Å². The molecule has 0 N–H and O–H groups in total. The van der Waals surface area contributed by atoms with Crippen molar-refractivity contribution >= 4 is 23.2 Å². The van der Waals surface area contributed by atoms with Crippen molar-refractivity contribution in [3.63, 3.8) is 0 Å². The van der Waals surface area contributed by atoms with Gasteiger partial charge in [-0.25, -0.2) is 0 Å². The maximum absolute atomic E-state index is 6.16. The molecule has 3 nitrogen and oxygen atoms in total. The molecule has 0 saturated carbocycles. The summed E-state index contributed by atoms with van der Waals surface area (Å²) in [6, 6.07) is 6.08. The summed E-state index contributed by atoms with van der Waals surface area (Å²) in [5.41, 5.74) is 3.29. The average Bonchev–Trinajstić information content (AvgIpc) is 2.80. The van der Waals surface area contributed by atoms with Crippen molar-refractivity contribution in [3.05, 3.63) is 50.8 Å². The molecule has 1 heterocycles. The molecule has 0 spiro atoms. The second-order valence-corrected chi connectivity index (χ2v) is 6.44. The van der Waals surface area contributed by atoms with Gasteiger partial charge in [0, 0.05) is 18.2 Å².